The third kappa shape index (κ3) is 4.11. The molecule has 2 aromatic rings. The van der Waals surface area contributed by atoms with Crippen LogP contribution in [-0.2, 0) is 9.53 Å². The maximum absolute atomic E-state index is 12.1. The molecular weight excluding hydrogens is 366 g/mol. The van der Waals surface area contributed by atoms with E-state index in [1.54, 1.807) is 24.3 Å². The Balaban J connectivity index is 1.23. The smallest absolute Gasteiger partial charge is 0.338 e. The molecule has 2 aromatic carbocycles. The molecule has 2 heterocycles. The van der Waals surface area contributed by atoms with Gasteiger partial charge in [-0.15, -0.1) is 0 Å². The Morgan fingerprint density at radius 1 is 0.964 bits per heavy atom. The van der Waals surface area contributed by atoms with Gasteiger partial charge in [-0.2, -0.15) is 0 Å². The number of fused-ring (bicyclic) bond motifs is 2. The second-order valence-electron chi connectivity index (χ2n) is 6.24. The van der Waals surface area contributed by atoms with Crippen molar-refractivity contribution in [2.45, 2.75) is 6.10 Å². The van der Waals surface area contributed by atoms with E-state index in [0.717, 1.165) is 0 Å². The van der Waals surface area contributed by atoms with Crippen molar-refractivity contribution >= 4 is 11.9 Å². The highest BCUT2D eigenvalue weighted by molar-refractivity contribution is 5.92. The summed E-state index contributed by atoms with van der Waals surface area (Å²) in [5, 5.41) is 2.67. The van der Waals surface area contributed by atoms with E-state index in [-0.39, 0.29) is 18.2 Å². The average Bonchev–Trinajstić information content (AvgIpc) is 2.75. The number of benzene rings is 2. The lowest BCUT2D eigenvalue weighted by atomic mass is 10.2. The van der Waals surface area contributed by atoms with Crippen molar-refractivity contribution in [3.8, 4) is 23.0 Å². The van der Waals surface area contributed by atoms with Gasteiger partial charge in [0.2, 0.25) is 0 Å². The van der Waals surface area contributed by atoms with Gasteiger partial charge in [-0.05, 0) is 30.3 Å². The fraction of sp³-hybridized carbons (Fsp3) is 0.300. The summed E-state index contributed by atoms with van der Waals surface area (Å²) < 4.78 is 27.2. The summed E-state index contributed by atoms with van der Waals surface area (Å²) in [6.45, 7) is 1.07. The van der Waals surface area contributed by atoms with Crippen LogP contribution in [0.2, 0.25) is 0 Å². The molecule has 0 radical (unpaired) electrons. The molecule has 8 heteroatoms. The van der Waals surface area contributed by atoms with Crippen LogP contribution in [0.15, 0.2) is 42.5 Å². The lowest BCUT2D eigenvalue weighted by molar-refractivity contribution is -0.124. The van der Waals surface area contributed by atoms with Crippen molar-refractivity contribution in [2.75, 3.05) is 33.0 Å². The first-order valence-electron chi connectivity index (χ1n) is 8.91. The maximum Gasteiger partial charge on any atom is 0.338 e. The molecule has 2 aliphatic rings. The molecule has 0 saturated heterocycles. The van der Waals surface area contributed by atoms with Gasteiger partial charge in [0, 0.05) is 0 Å². The van der Waals surface area contributed by atoms with Gasteiger partial charge in [-0.25, -0.2) is 4.79 Å². The minimum atomic E-state index is -0.613. The fourth-order valence-electron chi connectivity index (χ4n) is 2.83. The zero-order valence-electron chi connectivity index (χ0n) is 15.0. The molecule has 0 unspecified atom stereocenters. The lowest BCUT2D eigenvalue weighted by Crippen LogP contribution is -2.42. The van der Waals surface area contributed by atoms with Crippen molar-refractivity contribution in [3.63, 3.8) is 0 Å². The molecule has 8 nitrogen and oxygen atoms in total. The Hall–Kier alpha value is -3.42. The van der Waals surface area contributed by atoms with E-state index in [9.17, 15) is 9.59 Å². The SMILES string of the molecule is O=C(COC(=O)c1ccc2c(c1)OCCO2)NC[C@@H]1COc2ccccc2O1. The molecule has 0 bridgehead atoms. The molecule has 0 aromatic heterocycles. The molecule has 2 aliphatic heterocycles. The van der Waals surface area contributed by atoms with Crippen molar-refractivity contribution in [1.82, 2.24) is 5.32 Å². The number of carbonyl (C=O) groups is 2. The fourth-order valence-corrected chi connectivity index (χ4v) is 2.83. The molecule has 0 spiro atoms. The molecular formula is C20H19NO7. The Morgan fingerprint density at radius 2 is 1.71 bits per heavy atom. The van der Waals surface area contributed by atoms with Crippen LogP contribution in [0.25, 0.3) is 0 Å². The van der Waals surface area contributed by atoms with Crippen molar-refractivity contribution < 1.29 is 33.3 Å². The number of ether oxygens (including phenoxy) is 5. The molecule has 1 atom stereocenters. The highest BCUT2D eigenvalue weighted by Crippen LogP contribution is 2.31. The van der Waals surface area contributed by atoms with Crippen LogP contribution < -0.4 is 24.3 Å². The number of nitrogens with one attached hydrogen (secondary N) is 1. The number of hydrogen-bond acceptors (Lipinski definition) is 7. The molecule has 146 valence electrons. The molecule has 0 aliphatic carbocycles. The van der Waals surface area contributed by atoms with Crippen molar-refractivity contribution in [3.05, 3.63) is 48.0 Å². The van der Waals surface area contributed by atoms with Crippen LogP contribution in [0.4, 0.5) is 0 Å². The predicted molar refractivity (Wildman–Crippen MR) is 97.1 cm³/mol. The van der Waals surface area contributed by atoms with Gasteiger partial charge < -0.3 is 29.0 Å². The summed E-state index contributed by atoms with van der Waals surface area (Å²) in [7, 11) is 0. The molecule has 28 heavy (non-hydrogen) atoms. The number of esters is 1. The van der Waals surface area contributed by atoms with Gasteiger partial charge in [0.25, 0.3) is 5.91 Å². The zero-order chi connectivity index (χ0) is 19.3. The monoisotopic (exact) mass is 385 g/mol. The third-order valence-electron chi connectivity index (χ3n) is 4.21. The van der Waals surface area contributed by atoms with Crippen LogP contribution in [0.5, 0.6) is 23.0 Å². The quantitative estimate of drug-likeness (QED) is 0.781. The number of rotatable bonds is 5. The van der Waals surface area contributed by atoms with E-state index < -0.39 is 18.5 Å². The second kappa shape index (κ2) is 8.08. The van der Waals surface area contributed by atoms with Crippen LogP contribution in [0, 0.1) is 0 Å². The molecule has 1 amide bonds. The van der Waals surface area contributed by atoms with Crippen LogP contribution in [-0.4, -0.2) is 51.0 Å². The van der Waals surface area contributed by atoms with E-state index in [1.807, 2.05) is 18.2 Å². The Morgan fingerprint density at radius 3 is 2.57 bits per heavy atom. The summed E-state index contributed by atoms with van der Waals surface area (Å²) >= 11 is 0. The van der Waals surface area contributed by atoms with Gasteiger partial charge in [0.15, 0.2) is 29.6 Å². The lowest BCUT2D eigenvalue weighted by Gasteiger charge is -2.26. The number of carbonyl (C=O) groups excluding carboxylic acids is 2. The number of amides is 1. The zero-order valence-corrected chi connectivity index (χ0v) is 15.0. The standard InChI is InChI=1S/C20H19NO7/c22-19(21-10-14-11-26-15-3-1-2-4-17(15)28-14)12-27-20(23)13-5-6-16-18(9-13)25-8-7-24-16/h1-6,9,14H,7-8,10-12H2,(H,21,22)/t14-/m1/s1. The highest BCUT2D eigenvalue weighted by Gasteiger charge is 2.21. The first-order chi connectivity index (χ1) is 13.7. The van der Waals surface area contributed by atoms with Gasteiger partial charge in [-0.1, -0.05) is 12.1 Å². The molecule has 1 N–H and O–H groups in total. The van der Waals surface area contributed by atoms with Crippen LogP contribution in [0.3, 0.4) is 0 Å². The van der Waals surface area contributed by atoms with E-state index in [2.05, 4.69) is 5.32 Å². The maximum atomic E-state index is 12.1. The van der Waals surface area contributed by atoms with E-state index in [4.69, 9.17) is 23.7 Å². The summed E-state index contributed by atoms with van der Waals surface area (Å²) in [4.78, 5) is 24.1. The Kier molecular flexibility index (Phi) is 5.18. The third-order valence-corrected chi connectivity index (χ3v) is 4.21. The summed E-state index contributed by atoms with van der Waals surface area (Å²) in [5.41, 5.74) is 0.290. The second-order valence-corrected chi connectivity index (χ2v) is 6.24. The van der Waals surface area contributed by atoms with Crippen LogP contribution in [0.1, 0.15) is 10.4 Å². The van der Waals surface area contributed by atoms with Gasteiger partial charge >= 0.3 is 5.97 Å². The number of para-hydroxylation sites is 2. The van der Waals surface area contributed by atoms with Crippen molar-refractivity contribution in [2.24, 2.45) is 0 Å². The minimum Gasteiger partial charge on any atom is -0.486 e. The van der Waals surface area contributed by atoms with Gasteiger partial charge in [0.1, 0.15) is 25.9 Å². The first kappa shape index (κ1) is 18.0. The normalized spacial score (nSPS) is 16.8. The van der Waals surface area contributed by atoms with E-state index in [1.165, 1.54) is 0 Å². The van der Waals surface area contributed by atoms with Gasteiger partial charge in [0.05, 0.1) is 12.1 Å². The minimum absolute atomic E-state index is 0.245. The largest absolute Gasteiger partial charge is 0.486 e. The first-order valence-corrected chi connectivity index (χ1v) is 8.91. The number of hydrogen-bond donors (Lipinski definition) is 1. The summed E-state index contributed by atoms with van der Waals surface area (Å²) in [6, 6.07) is 12.1. The molecule has 4 rings (SSSR count). The molecule has 0 fully saturated rings. The predicted octanol–water partition coefficient (Wildman–Crippen LogP) is 1.57. The Bertz CT molecular complexity index is 883. The highest BCUT2D eigenvalue weighted by atomic mass is 16.6. The average molecular weight is 385 g/mol. The summed E-state index contributed by atoms with van der Waals surface area (Å²) in [6.07, 6.45) is -0.313. The summed E-state index contributed by atoms with van der Waals surface area (Å²) in [5.74, 6) is 1.35. The van der Waals surface area contributed by atoms with E-state index >= 15 is 0 Å². The van der Waals surface area contributed by atoms with E-state index in [0.29, 0.717) is 42.8 Å². The van der Waals surface area contributed by atoms with Gasteiger partial charge in [-0.3, -0.25) is 4.79 Å². The van der Waals surface area contributed by atoms with Crippen LogP contribution >= 0.6 is 0 Å². The Labute approximate surface area is 161 Å². The van der Waals surface area contributed by atoms with Crippen molar-refractivity contribution in [1.29, 1.82) is 0 Å². The molecule has 0 saturated carbocycles. The topological polar surface area (TPSA) is 92.3 Å².